The number of benzene rings is 1. The number of nitrogens with one attached hydrogen (secondary N) is 1. The Bertz CT molecular complexity index is 616. The minimum Gasteiger partial charge on any atom is -0.496 e. The van der Waals surface area contributed by atoms with E-state index in [0.29, 0.717) is 10.8 Å². The second kappa shape index (κ2) is 6.39. The molecule has 0 aliphatic rings. The molecule has 0 saturated carbocycles. The average Bonchev–Trinajstić information content (AvgIpc) is 2.47. The standard InChI is InChI=1S/C15H15ClN2O2/c1-10(11-6-3-4-8-13(11)20-2)17-15(19)12-7-5-9-14(16)18-12/h3-10H,1-2H3,(H,17,19). The number of hydrogen-bond acceptors (Lipinski definition) is 3. The molecule has 1 unspecified atom stereocenters. The highest BCUT2D eigenvalue weighted by atomic mass is 35.5. The van der Waals surface area contributed by atoms with Crippen LogP contribution in [0.5, 0.6) is 5.75 Å². The van der Waals surface area contributed by atoms with Crippen molar-refractivity contribution in [3.05, 3.63) is 58.9 Å². The molecule has 0 bridgehead atoms. The Kier molecular flexibility index (Phi) is 4.58. The normalized spacial score (nSPS) is 11.8. The van der Waals surface area contributed by atoms with Crippen molar-refractivity contribution in [2.24, 2.45) is 0 Å². The molecule has 4 nitrogen and oxygen atoms in total. The first-order valence-electron chi connectivity index (χ1n) is 6.18. The summed E-state index contributed by atoms with van der Waals surface area (Å²) in [7, 11) is 1.60. The van der Waals surface area contributed by atoms with E-state index in [1.807, 2.05) is 31.2 Å². The molecule has 104 valence electrons. The van der Waals surface area contributed by atoms with Crippen LogP contribution in [-0.4, -0.2) is 18.0 Å². The minimum absolute atomic E-state index is 0.195. The van der Waals surface area contributed by atoms with Crippen LogP contribution in [0.15, 0.2) is 42.5 Å². The molecular weight excluding hydrogens is 276 g/mol. The molecule has 0 aliphatic heterocycles. The van der Waals surface area contributed by atoms with Crippen LogP contribution in [0.1, 0.15) is 29.0 Å². The van der Waals surface area contributed by atoms with Gasteiger partial charge in [-0.05, 0) is 25.1 Å². The van der Waals surface area contributed by atoms with Gasteiger partial charge >= 0.3 is 0 Å². The fourth-order valence-electron chi connectivity index (χ4n) is 1.91. The zero-order valence-electron chi connectivity index (χ0n) is 11.3. The van der Waals surface area contributed by atoms with Gasteiger partial charge in [0.2, 0.25) is 0 Å². The maximum Gasteiger partial charge on any atom is 0.270 e. The lowest BCUT2D eigenvalue weighted by molar-refractivity contribution is 0.0934. The molecule has 20 heavy (non-hydrogen) atoms. The molecule has 0 fully saturated rings. The summed E-state index contributed by atoms with van der Waals surface area (Å²) in [6.07, 6.45) is 0. The van der Waals surface area contributed by atoms with E-state index < -0.39 is 0 Å². The van der Waals surface area contributed by atoms with Crippen molar-refractivity contribution < 1.29 is 9.53 Å². The number of carbonyl (C=O) groups is 1. The van der Waals surface area contributed by atoms with Crippen LogP contribution in [0, 0.1) is 0 Å². The van der Waals surface area contributed by atoms with E-state index >= 15 is 0 Å². The first-order chi connectivity index (χ1) is 9.61. The molecule has 1 atom stereocenters. The monoisotopic (exact) mass is 290 g/mol. The second-order valence-corrected chi connectivity index (χ2v) is 4.67. The third kappa shape index (κ3) is 3.27. The van der Waals surface area contributed by atoms with E-state index in [9.17, 15) is 4.79 Å². The third-order valence-electron chi connectivity index (χ3n) is 2.90. The maximum atomic E-state index is 12.1. The number of pyridine rings is 1. The minimum atomic E-state index is -0.272. The first kappa shape index (κ1) is 14.3. The van der Waals surface area contributed by atoms with Crippen molar-refractivity contribution in [2.45, 2.75) is 13.0 Å². The fraction of sp³-hybridized carbons (Fsp3) is 0.200. The van der Waals surface area contributed by atoms with Crippen LogP contribution < -0.4 is 10.1 Å². The second-order valence-electron chi connectivity index (χ2n) is 4.28. The number of nitrogens with zero attached hydrogens (tertiary/aromatic N) is 1. The molecule has 2 rings (SSSR count). The predicted octanol–water partition coefficient (Wildman–Crippen LogP) is 3.23. The van der Waals surface area contributed by atoms with Gasteiger partial charge in [0.1, 0.15) is 16.6 Å². The number of carbonyl (C=O) groups excluding carboxylic acids is 1. The van der Waals surface area contributed by atoms with Gasteiger partial charge in [0.05, 0.1) is 13.2 Å². The van der Waals surface area contributed by atoms with Crippen LogP contribution in [-0.2, 0) is 0 Å². The summed E-state index contributed by atoms with van der Waals surface area (Å²) in [6, 6.07) is 12.3. The predicted molar refractivity (Wildman–Crippen MR) is 78.1 cm³/mol. The van der Waals surface area contributed by atoms with Gasteiger partial charge in [0.15, 0.2) is 0 Å². The smallest absolute Gasteiger partial charge is 0.270 e. The molecule has 0 radical (unpaired) electrons. The summed E-state index contributed by atoms with van der Waals surface area (Å²) in [5.74, 6) is 0.463. The molecule has 1 aromatic heterocycles. The third-order valence-corrected chi connectivity index (χ3v) is 3.11. The van der Waals surface area contributed by atoms with E-state index in [1.54, 1.807) is 25.3 Å². The molecule has 5 heteroatoms. The van der Waals surface area contributed by atoms with E-state index in [-0.39, 0.29) is 11.9 Å². The van der Waals surface area contributed by atoms with Gasteiger partial charge in [-0.15, -0.1) is 0 Å². The van der Waals surface area contributed by atoms with Crippen molar-refractivity contribution in [2.75, 3.05) is 7.11 Å². The van der Waals surface area contributed by atoms with Crippen LogP contribution in [0.4, 0.5) is 0 Å². The summed E-state index contributed by atoms with van der Waals surface area (Å²) in [5, 5.41) is 3.17. The first-order valence-corrected chi connectivity index (χ1v) is 6.56. The van der Waals surface area contributed by atoms with E-state index in [1.165, 1.54) is 0 Å². The lowest BCUT2D eigenvalue weighted by Crippen LogP contribution is -2.27. The number of methoxy groups -OCH3 is 1. The van der Waals surface area contributed by atoms with Crippen LogP contribution >= 0.6 is 11.6 Å². The van der Waals surface area contributed by atoms with Gasteiger partial charge in [-0.2, -0.15) is 0 Å². The highest BCUT2D eigenvalue weighted by molar-refractivity contribution is 6.29. The molecule has 0 spiro atoms. The topological polar surface area (TPSA) is 51.2 Å². The molecule has 1 N–H and O–H groups in total. The summed E-state index contributed by atoms with van der Waals surface area (Å²) in [5.41, 5.74) is 1.20. The lowest BCUT2D eigenvalue weighted by Gasteiger charge is -2.17. The zero-order chi connectivity index (χ0) is 14.5. The van der Waals surface area contributed by atoms with Crippen molar-refractivity contribution in [3.8, 4) is 5.75 Å². The Morgan fingerprint density at radius 1 is 1.25 bits per heavy atom. The number of rotatable bonds is 4. The van der Waals surface area contributed by atoms with Gasteiger partial charge in [0.25, 0.3) is 5.91 Å². The molecular formula is C15H15ClN2O2. The summed E-state index contributed by atoms with van der Waals surface area (Å²) in [6.45, 7) is 1.89. The van der Waals surface area contributed by atoms with Crippen molar-refractivity contribution in [1.29, 1.82) is 0 Å². The van der Waals surface area contributed by atoms with Gasteiger partial charge in [-0.1, -0.05) is 35.9 Å². The molecule has 0 saturated heterocycles. The summed E-state index contributed by atoms with van der Waals surface area (Å²) in [4.78, 5) is 16.1. The molecule has 1 amide bonds. The zero-order valence-corrected chi connectivity index (χ0v) is 12.0. The van der Waals surface area contributed by atoms with Crippen molar-refractivity contribution >= 4 is 17.5 Å². The highest BCUT2D eigenvalue weighted by Crippen LogP contribution is 2.24. The van der Waals surface area contributed by atoms with E-state index in [0.717, 1.165) is 11.3 Å². The quantitative estimate of drug-likeness (QED) is 0.880. The van der Waals surface area contributed by atoms with E-state index in [2.05, 4.69) is 10.3 Å². The fourth-order valence-corrected chi connectivity index (χ4v) is 2.07. The number of halogens is 1. The van der Waals surface area contributed by atoms with E-state index in [4.69, 9.17) is 16.3 Å². The van der Waals surface area contributed by atoms with Gasteiger partial charge in [-0.25, -0.2) is 4.98 Å². The van der Waals surface area contributed by atoms with Crippen molar-refractivity contribution in [3.63, 3.8) is 0 Å². The SMILES string of the molecule is COc1ccccc1C(C)NC(=O)c1cccc(Cl)n1. The molecule has 1 aromatic carbocycles. The van der Waals surface area contributed by atoms with Gasteiger partial charge < -0.3 is 10.1 Å². The van der Waals surface area contributed by atoms with Crippen molar-refractivity contribution in [1.82, 2.24) is 10.3 Å². The van der Waals surface area contributed by atoms with Crippen LogP contribution in [0.2, 0.25) is 5.15 Å². The number of amides is 1. The maximum absolute atomic E-state index is 12.1. The average molecular weight is 291 g/mol. The largest absolute Gasteiger partial charge is 0.496 e. The van der Waals surface area contributed by atoms with Gasteiger partial charge in [0, 0.05) is 5.56 Å². The molecule has 1 heterocycles. The lowest BCUT2D eigenvalue weighted by atomic mass is 10.1. The highest BCUT2D eigenvalue weighted by Gasteiger charge is 2.15. The Morgan fingerprint density at radius 2 is 2.00 bits per heavy atom. The Balaban J connectivity index is 2.15. The number of hydrogen-bond donors (Lipinski definition) is 1. The number of aromatic nitrogens is 1. The van der Waals surface area contributed by atoms with Gasteiger partial charge in [-0.3, -0.25) is 4.79 Å². The summed E-state index contributed by atoms with van der Waals surface area (Å²) < 4.78 is 5.28. The Morgan fingerprint density at radius 3 is 2.70 bits per heavy atom. The van der Waals surface area contributed by atoms with Crippen LogP contribution in [0.25, 0.3) is 0 Å². The molecule has 0 aliphatic carbocycles. The van der Waals surface area contributed by atoms with Crippen LogP contribution in [0.3, 0.4) is 0 Å². The number of ether oxygens (including phenoxy) is 1. The summed E-state index contributed by atoms with van der Waals surface area (Å²) >= 11 is 5.78. The Hall–Kier alpha value is -2.07. The Labute approximate surface area is 122 Å². The molecule has 2 aromatic rings. The number of para-hydroxylation sites is 1.